The second-order valence-corrected chi connectivity index (χ2v) is 4.92. The molecule has 2 aromatic carbocycles. The lowest BCUT2D eigenvalue weighted by Crippen LogP contribution is -2.04. The summed E-state index contributed by atoms with van der Waals surface area (Å²) in [5, 5.41) is 0. The van der Waals surface area contributed by atoms with Crippen molar-refractivity contribution in [1.82, 2.24) is 0 Å². The monoisotopic (exact) mass is 238 g/mol. The normalized spacial score (nSPS) is 10.7. The van der Waals surface area contributed by atoms with Crippen molar-refractivity contribution in [1.29, 1.82) is 0 Å². The number of benzene rings is 1. The Bertz CT molecular complexity index is 595. The quantitative estimate of drug-likeness (QED) is 0.768. The van der Waals surface area contributed by atoms with E-state index in [9.17, 15) is 4.79 Å². The van der Waals surface area contributed by atoms with E-state index in [1.165, 1.54) is 5.56 Å². The molecule has 0 aliphatic rings. The maximum absolute atomic E-state index is 12.2. The Labute approximate surface area is 108 Å². The molecule has 1 nitrogen and oxygen atoms in total. The molecule has 0 aliphatic carbocycles. The first-order chi connectivity index (χ1) is 8.59. The summed E-state index contributed by atoms with van der Waals surface area (Å²) in [6.45, 7) is 6.19. The number of hydrogen-bond acceptors (Lipinski definition) is 1. The molecule has 1 heteroatoms. The molecular formula is C17H18O. The molecule has 0 unspecified atom stereocenters. The minimum absolute atomic E-state index is 0.109. The highest BCUT2D eigenvalue weighted by Gasteiger charge is 2.04. The lowest BCUT2D eigenvalue weighted by atomic mass is 9.99. The van der Waals surface area contributed by atoms with Gasteiger partial charge in [0.25, 0.3) is 0 Å². The van der Waals surface area contributed by atoms with Gasteiger partial charge in [-0.2, -0.15) is 0 Å². The van der Waals surface area contributed by atoms with Gasteiger partial charge in [-0.05, 0) is 29.5 Å². The van der Waals surface area contributed by atoms with Gasteiger partial charge in [0, 0.05) is 5.56 Å². The van der Waals surface area contributed by atoms with Crippen LogP contribution in [-0.4, -0.2) is 0 Å². The van der Waals surface area contributed by atoms with Crippen molar-refractivity contribution in [3.05, 3.63) is 69.9 Å². The van der Waals surface area contributed by atoms with Crippen molar-refractivity contribution in [2.45, 2.75) is 26.7 Å². The fourth-order valence-corrected chi connectivity index (χ4v) is 1.99. The fraction of sp³-hybridized carbons (Fsp3) is 0.235. The zero-order valence-electron chi connectivity index (χ0n) is 11.1. The van der Waals surface area contributed by atoms with Crippen molar-refractivity contribution in [3.63, 3.8) is 0 Å². The molecule has 0 saturated carbocycles. The van der Waals surface area contributed by atoms with Crippen molar-refractivity contribution in [2.24, 2.45) is 0 Å². The van der Waals surface area contributed by atoms with Crippen LogP contribution in [0.3, 0.4) is 0 Å². The van der Waals surface area contributed by atoms with Crippen LogP contribution in [0.2, 0.25) is 0 Å². The third-order valence-electron chi connectivity index (χ3n) is 3.21. The van der Waals surface area contributed by atoms with Crippen LogP contribution in [-0.2, 0) is 0 Å². The molecule has 0 aliphatic heterocycles. The average molecular weight is 238 g/mol. The highest BCUT2D eigenvalue weighted by molar-refractivity contribution is 5.63. The molecule has 0 atom stereocenters. The summed E-state index contributed by atoms with van der Waals surface area (Å²) in [5.41, 5.74) is 3.94. The summed E-state index contributed by atoms with van der Waals surface area (Å²) in [6.07, 6.45) is 0. The van der Waals surface area contributed by atoms with Crippen LogP contribution in [0.5, 0.6) is 0 Å². The molecule has 2 aromatic rings. The number of aryl methyl sites for hydroxylation is 1. The highest BCUT2D eigenvalue weighted by atomic mass is 16.1. The fourth-order valence-electron chi connectivity index (χ4n) is 1.99. The molecule has 0 aromatic heterocycles. The molecule has 0 radical (unpaired) electrons. The van der Waals surface area contributed by atoms with E-state index in [0.29, 0.717) is 5.92 Å². The molecule has 0 heterocycles. The van der Waals surface area contributed by atoms with E-state index < -0.39 is 0 Å². The summed E-state index contributed by atoms with van der Waals surface area (Å²) in [5.74, 6) is 0.513. The molecule has 0 spiro atoms. The Morgan fingerprint density at radius 3 is 2.11 bits per heavy atom. The Morgan fingerprint density at radius 2 is 1.50 bits per heavy atom. The number of hydrogen-bond donors (Lipinski definition) is 0. The SMILES string of the molecule is Cc1ccccc(-c2ccc(C(C)C)cc2)c1=O. The molecule has 0 bridgehead atoms. The molecular weight excluding hydrogens is 220 g/mol. The topological polar surface area (TPSA) is 17.1 Å². The van der Waals surface area contributed by atoms with Gasteiger partial charge in [-0.25, -0.2) is 0 Å². The van der Waals surface area contributed by atoms with Crippen LogP contribution in [0.15, 0.2) is 53.3 Å². The lowest BCUT2D eigenvalue weighted by Gasteiger charge is -2.06. The molecule has 2 rings (SSSR count). The highest BCUT2D eigenvalue weighted by Crippen LogP contribution is 2.20. The second-order valence-electron chi connectivity index (χ2n) is 4.92. The largest absolute Gasteiger partial charge is 0.289 e. The molecule has 0 amide bonds. The predicted octanol–water partition coefficient (Wildman–Crippen LogP) is 4.15. The Morgan fingerprint density at radius 1 is 0.889 bits per heavy atom. The minimum atomic E-state index is 0.109. The first-order valence-corrected chi connectivity index (χ1v) is 6.30. The zero-order chi connectivity index (χ0) is 13.1. The van der Waals surface area contributed by atoms with Crippen LogP contribution < -0.4 is 5.43 Å². The molecule has 18 heavy (non-hydrogen) atoms. The second kappa shape index (κ2) is 5.18. The summed E-state index contributed by atoms with van der Waals surface area (Å²) in [4.78, 5) is 12.2. The van der Waals surface area contributed by atoms with Gasteiger partial charge in [0.1, 0.15) is 0 Å². The summed E-state index contributed by atoms with van der Waals surface area (Å²) < 4.78 is 0. The smallest absolute Gasteiger partial charge is 0.189 e. The van der Waals surface area contributed by atoms with Gasteiger partial charge >= 0.3 is 0 Å². The Kier molecular flexibility index (Phi) is 3.61. The van der Waals surface area contributed by atoms with Gasteiger partial charge in [0.15, 0.2) is 5.43 Å². The van der Waals surface area contributed by atoms with Crippen LogP contribution in [0, 0.1) is 6.92 Å². The molecule has 92 valence electrons. The van der Waals surface area contributed by atoms with Crippen molar-refractivity contribution < 1.29 is 0 Å². The third-order valence-corrected chi connectivity index (χ3v) is 3.21. The Balaban J connectivity index is 2.54. The first kappa shape index (κ1) is 12.6. The molecule has 0 saturated heterocycles. The van der Waals surface area contributed by atoms with E-state index in [1.807, 2.05) is 43.3 Å². The van der Waals surface area contributed by atoms with Crippen LogP contribution in [0.4, 0.5) is 0 Å². The zero-order valence-corrected chi connectivity index (χ0v) is 11.1. The van der Waals surface area contributed by atoms with E-state index in [2.05, 4.69) is 26.0 Å². The van der Waals surface area contributed by atoms with Gasteiger partial charge in [-0.15, -0.1) is 0 Å². The van der Waals surface area contributed by atoms with E-state index >= 15 is 0 Å². The van der Waals surface area contributed by atoms with Crippen molar-refractivity contribution >= 4 is 0 Å². The van der Waals surface area contributed by atoms with E-state index in [4.69, 9.17) is 0 Å². The minimum Gasteiger partial charge on any atom is -0.289 e. The van der Waals surface area contributed by atoms with E-state index in [-0.39, 0.29) is 5.43 Å². The van der Waals surface area contributed by atoms with Crippen LogP contribution in [0.25, 0.3) is 11.1 Å². The standard InChI is InChI=1S/C17H18O/c1-12(2)14-8-10-15(11-9-14)16-7-5-4-6-13(3)17(16)18/h4-12H,1-3H3. The first-order valence-electron chi connectivity index (χ1n) is 6.30. The molecule has 0 fully saturated rings. The van der Waals surface area contributed by atoms with E-state index in [0.717, 1.165) is 16.7 Å². The number of rotatable bonds is 2. The van der Waals surface area contributed by atoms with E-state index in [1.54, 1.807) is 0 Å². The van der Waals surface area contributed by atoms with Gasteiger partial charge in [-0.3, -0.25) is 4.79 Å². The third kappa shape index (κ3) is 2.51. The predicted molar refractivity (Wildman–Crippen MR) is 77.0 cm³/mol. The Hall–Kier alpha value is -1.89. The lowest BCUT2D eigenvalue weighted by molar-refractivity contribution is 0.867. The summed E-state index contributed by atoms with van der Waals surface area (Å²) in [7, 11) is 0. The summed E-state index contributed by atoms with van der Waals surface area (Å²) >= 11 is 0. The summed E-state index contributed by atoms with van der Waals surface area (Å²) in [6, 6.07) is 15.8. The van der Waals surface area contributed by atoms with Crippen molar-refractivity contribution in [2.75, 3.05) is 0 Å². The van der Waals surface area contributed by atoms with Gasteiger partial charge in [0.05, 0.1) is 0 Å². The molecule has 0 N–H and O–H groups in total. The average Bonchev–Trinajstić information content (AvgIpc) is 2.53. The van der Waals surface area contributed by atoms with Crippen LogP contribution in [0.1, 0.15) is 30.9 Å². The van der Waals surface area contributed by atoms with Gasteiger partial charge < -0.3 is 0 Å². The maximum atomic E-state index is 12.2. The van der Waals surface area contributed by atoms with Crippen LogP contribution >= 0.6 is 0 Å². The van der Waals surface area contributed by atoms with Gasteiger partial charge in [0.2, 0.25) is 0 Å². The maximum Gasteiger partial charge on any atom is 0.189 e. The van der Waals surface area contributed by atoms with Crippen molar-refractivity contribution in [3.8, 4) is 11.1 Å². The van der Waals surface area contributed by atoms with Gasteiger partial charge in [-0.1, -0.05) is 62.4 Å².